The molecule has 2 heterocycles. The molecule has 2 aromatic carbocycles. The number of methoxy groups -OCH3 is 1. The highest BCUT2D eigenvalue weighted by Gasteiger charge is 2.09. The second kappa shape index (κ2) is 11.8. The zero-order valence-electron chi connectivity index (χ0n) is 20.6. The highest BCUT2D eigenvalue weighted by molar-refractivity contribution is 5.75. The van der Waals surface area contributed by atoms with Crippen molar-refractivity contribution in [3.05, 3.63) is 93.5 Å². The van der Waals surface area contributed by atoms with E-state index in [0.29, 0.717) is 18.0 Å². The van der Waals surface area contributed by atoms with Gasteiger partial charge < -0.3 is 14.8 Å². The van der Waals surface area contributed by atoms with Gasteiger partial charge in [-0.1, -0.05) is 0 Å². The molecule has 0 fully saturated rings. The third kappa shape index (κ3) is 6.49. The molecule has 0 spiro atoms. The van der Waals surface area contributed by atoms with Crippen molar-refractivity contribution >= 4 is 5.91 Å². The van der Waals surface area contributed by atoms with Crippen molar-refractivity contribution < 1.29 is 14.3 Å². The van der Waals surface area contributed by atoms with Crippen LogP contribution < -0.4 is 25.9 Å². The van der Waals surface area contributed by atoms with Crippen LogP contribution in [0.15, 0.2) is 82.4 Å². The Balaban J connectivity index is 1.38. The molecule has 10 heteroatoms. The number of nitrogens with zero attached hydrogens (tertiary/aromatic N) is 4. The molecule has 0 saturated heterocycles. The molecule has 190 valence electrons. The minimum Gasteiger partial charge on any atom is -0.497 e. The zero-order valence-corrected chi connectivity index (χ0v) is 20.6. The van der Waals surface area contributed by atoms with E-state index in [1.165, 1.54) is 16.8 Å². The van der Waals surface area contributed by atoms with Gasteiger partial charge >= 0.3 is 0 Å². The molecular weight excluding hydrogens is 474 g/mol. The van der Waals surface area contributed by atoms with Crippen LogP contribution in [0.4, 0.5) is 0 Å². The highest BCUT2D eigenvalue weighted by atomic mass is 16.5. The number of nitrogens with one attached hydrogen (secondary N) is 1. The van der Waals surface area contributed by atoms with Crippen LogP contribution in [0.2, 0.25) is 0 Å². The number of aromatic nitrogens is 4. The Hall–Kier alpha value is -4.73. The minimum atomic E-state index is -0.405. The molecule has 0 saturated carbocycles. The van der Waals surface area contributed by atoms with E-state index >= 15 is 0 Å². The molecule has 10 nitrogen and oxygen atoms in total. The Morgan fingerprint density at radius 2 is 1.32 bits per heavy atom. The van der Waals surface area contributed by atoms with Crippen molar-refractivity contribution in [1.29, 1.82) is 0 Å². The number of benzene rings is 2. The fraction of sp³-hybridized carbons (Fsp3) is 0.222. The van der Waals surface area contributed by atoms with E-state index in [1.54, 1.807) is 19.2 Å². The molecular formula is C27H27N5O5. The molecule has 4 aromatic rings. The first kappa shape index (κ1) is 25.4. The summed E-state index contributed by atoms with van der Waals surface area (Å²) in [5, 5.41) is 11.4. The largest absolute Gasteiger partial charge is 0.497 e. The number of carbonyl (C=O) groups is 1. The van der Waals surface area contributed by atoms with E-state index in [-0.39, 0.29) is 25.2 Å². The van der Waals surface area contributed by atoms with E-state index in [4.69, 9.17) is 9.47 Å². The quantitative estimate of drug-likeness (QED) is 0.354. The lowest BCUT2D eigenvalue weighted by atomic mass is 10.1. The van der Waals surface area contributed by atoms with E-state index < -0.39 is 11.5 Å². The van der Waals surface area contributed by atoms with Crippen LogP contribution in [-0.4, -0.2) is 45.7 Å². The fourth-order valence-corrected chi connectivity index (χ4v) is 3.62. The highest BCUT2D eigenvalue weighted by Crippen LogP contribution is 2.20. The van der Waals surface area contributed by atoms with E-state index in [9.17, 15) is 14.4 Å². The van der Waals surface area contributed by atoms with Gasteiger partial charge in [-0.25, -0.2) is 9.36 Å². The van der Waals surface area contributed by atoms with Gasteiger partial charge in [-0.15, -0.1) is 0 Å². The average molecular weight is 502 g/mol. The maximum absolute atomic E-state index is 12.5. The first-order valence-electron chi connectivity index (χ1n) is 11.8. The van der Waals surface area contributed by atoms with Crippen LogP contribution in [0.3, 0.4) is 0 Å². The first-order chi connectivity index (χ1) is 18.0. The molecule has 0 aliphatic carbocycles. The van der Waals surface area contributed by atoms with E-state index in [1.807, 2.05) is 55.5 Å². The van der Waals surface area contributed by atoms with Crippen LogP contribution in [0, 0.1) is 0 Å². The Labute approximate surface area is 213 Å². The number of hydrogen-bond acceptors (Lipinski definition) is 7. The normalized spacial score (nSPS) is 10.6. The third-order valence-corrected chi connectivity index (χ3v) is 5.52. The molecule has 0 aliphatic heterocycles. The Morgan fingerprint density at radius 3 is 1.89 bits per heavy atom. The third-order valence-electron chi connectivity index (χ3n) is 5.52. The molecule has 1 N–H and O–H groups in total. The molecule has 2 aromatic heterocycles. The number of carbonyl (C=O) groups excluding carboxylic acids is 1. The van der Waals surface area contributed by atoms with Crippen LogP contribution in [0.1, 0.15) is 6.92 Å². The summed E-state index contributed by atoms with van der Waals surface area (Å²) in [5.41, 5.74) is 2.12. The lowest BCUT2D eigenvalue weighted by Gasteiger charge is -2.10. The predicted molar refractivity (Wildman–Crippen MR) is 139 cm³/mol. The molecule has 0 aliphatic rings. The van der Waals surface area contributed by atoms with Gasteiger partial charge in [-0.05, 0) is 67.6 Å². The van der Waals surface area contributed by atoms with Gasteiger partial charge in [-0.3, -0.25) is 14.4 Å². The molecule has 0 bridgehead atoms. The first-order valence-corrected chi connectivity index (χ1v) is 11.8. The molecule has 0 atom stereocenters. The second-order valence-electron chi connectivity index (χ2n) is 8.03. The molecule has 0 unspecified atom stereocenters. The van der Waals surface area contributed by atoms with Crippen LogP contribution >= 0.6 is 0 Å². The Kier molecular flexibility index (Phi) is 8.09. The van der Waals surface area contributed by atoms with Crippen molar-refractivity contribution in [2.45, 2.75) is 20.0 Å². The topological polar surface area (TPSA) is 117 Å². The van der Waals surface area contributed by atoms with Crippen LogP contribution in [-0.2, 0) is 17.9 Å². The zero-order chi connectivity index (χ0) is 26.2. The van der Waals surface area contributed by atoms with Crippen LogP contribution in [0.25, 0.3) is 22.5 Å². The smallest absolute Gasteiger partial charge is 0.267 e. The lowest BCUT2D eigenvalue weighted by molar-refractivity contribution is -0.121. The van der Waals surface area contributed by atoms with Gasteiger partial charge in [0.15, 0.2) is 0 Å². The van der Waals surface area contributed by atoms with Gasteiger partial charge in [0.2, 0.25) is 5.91 Å². The van der Waals surface area contributed by atoms with E-state index in [0.717, 1.165) is 27.3 Å². The van der Waals surface area contributed by atoms with Crippen LogP contribution in [0.5, 0.6) is 11.5 Å². The predicted octanol–water partition coefficient (Wildman–Crippen LogP) is 2.36. The van der Waals surface area contributed by atoms with Gasteiger partial charge in [0.25, 0.3) is 11.1 Å². The number of rotatable bonds is 10. The maximum atomic E-state index is 12.5. The standard InChI is InChI=1S/C27H27N5O5/c1-3-37-22-10-6-20(7-11-22)24-13-15-27(35)32(30-24)18-25(33)28-16-17-31-26(34)14-12-23(29-31)19-4-8-21(36-2)9-5-19/h4-15H,3,16-18H2,1-2H3,(H,28,33). The van der Waals surface area contributed by atoms with Crippen molar-refractivity contribution in [2.24, 2.45) is 0 Å². The molecule has 1 amide bonds. The van der Waals surface area contributed by atoms with Crippen molar-refractivity contribution in [2.75, 3.05) is 20.3 Å². The summed E-state index contributed by atoms with van der Waals surface area (Å²) in [6.45, 7) is 2.55. The fourth-order valence-electron chi connectivity index (χ4n) is 3.62. The molecule has 37 heavy (non-hydrogen) atoms. The van der Waals surface area contributed by atoms with Gasteiger partial charge in [0.1, 0.15) is 18.0 Å². The number of ether oxygens (including phenoxy) is 2. The summed E-state index contributed by atoms with van der Waals surface area (Å²) in [5.74, 6) is 1.05. The molecule has 4 rings (SSSR count). The summed E-state index contributed by atoms with van der Waals surface area (Å²) in [7, 11) is 1.59. The summed E-state index contributed by atoms with van der Waals surface area (Å²) >= 11 is 0. The van der Waals surface area contributed by atoms with Crippen molar-refractivity contribution in [3.8, 4) is 34.0 Å². The Morgan fingerprint density at radius 1 is 0.784 bits per heavy atom. The summed E-state index contributed by atoms with van der Waals surface area (Å²) in [4.78, 5) is 37.0. The SMILES string of the molecule is CCOc1ccc(-c2ccc(=O)n(CC(=O)NCCn3nc(-c4ccc(OC)cc4)ccc3=O)n2)cc1. The molecule has 0 radical (unpaired) electrons. The second-order valence-corrected chi connectivity index (χ2v) is 8.03. The van der Waals surface area contributed by atoms with Gasteiger partial charge in [0.05, 0.1) is 31.6 Å². The summed E-state index contributed by atoms with van der Waals surface area (Å²) in [6.07, 6.45) is 0. The van der Waals surface area contributed by atoms with Crippen molar-refractivity contribution in [3.63, 3.8) is 0 Å². The number of amides is 1. The monoisotopic (exact) mass is 501 g/mol. The van der Waals surface area contributed by atoms with Crippen molar-refractivity contribution in [1.82, 2.24) is 24.9 Å². The average Bonchev–Trinajstić information content (AvgIpc) is 2.92. The summed E-state index contributed by atoms with van der Waals surface area (Å²) < 4.78 is 13.0. The summed E-state index contributed by atoms with van der Waals surface area (Å²) in [6, 6.07) is 20.7. The number of hydrogen-bond donors (Lipinski definition) is 1. The minimum absolute atomic E-state index is 0.158. The van der Waals surface area contributed by atoms with Gasteiger partial charge in [-0.2, -0.15) is 10.2 Å². The lowest BCUT2D eigenvalue weighted by Crippen LogP contribution is -2.36. The maximum Gasteiger partial charge on any atom is 0.267 e. The van der Waals surface area contributed by atoms with Gasteiger partial charge in [0, 0.05) is 29.8 Å². The Bertz CT molecular complexity index is 1480. The van der Waals surface area contributed by atoms with E-state index in [2.05, 4.69) is 15.5 Å².